The largest absolute Gasteiger partial charge is 0.480 e. The number of amides is 5. The van der Waals surface area contributed by atoms with E-state index >= 15 is 0 Å². The number of carbonyl (C=O) groups excluding carboxylic acids is 5. The first-order valence-corrected chi connectivity index (χ1v) is 10.5. The second kappa shape index (κ2) is 14.7. The van der Waals surface area contributed by atoms with Crippen LogP contribution in [-0.2, 0) is 28.8 Å². The van der Waals surface area contributed by atoms with E-state index in [9.17, 15) is 33.9 Å². The molecule has 188 valence electrons. The number of nitrogens with one attached hydrogen (secondary N) is 3. The van der Waals surface area contributed by atoms with Gasteiger partial charge in [-0.25, -0.2) is 4.79 Å². The number of primary amides is 2. The minimum Gasteiger partial charge on any atom is -0.480 e. The van der Waals surface area contributed by atoms with Crippen LogP contribution >= 0.6 is 0 Å². The van der Waals surface area contributed by atoms with Crippen LogP contribution in [0.1, 0.15) is 46.0 Å². The second-order valence-electron chi connectivity index (χ2n) is 7.92. The molecule has 0 bridgehead atoms. The van der Waals surface area contributed by atoms with Crippen molar-refractivity contribution in [1.29, 1.82) is 0 Å². The third-order valence-corrected chi connectivity index (χ3v) is 4.60. The van der Waals surface area contributed by atoms with Gasteiger partial charge in [-0.05, 0) is 31.7 Å². The van der Waals surface area contributed by atoms with E-state index in [1.54, 1.807) is 13.8 Å². The van der Waals surface area contributed by atoms with Gasteiger partial charge in [-0.1, -0.05) is 13.8 Å². The number of rotatable bonds is 16. The molecule has 0 saturated carbocycles. The van der Waals surface area contributed by atoms with Gasteiger partial charge >= 0.3 is 5.97 Å². The van der Waals surface area contributed by atoms with Crippen molar-refractivity contribution < 1.29 is 33.9 Å². The summed E-state index contributed by atoms with van der Waals surface area (Å²) >= 11 is 0. The molecular weight excluding hydrogens is 438 g/mol. The minimum atomic E-state index is -1.57. The molecule has 0 aliphatic heterocycles. The summed E-state index contributed by atoms with van der Waals surface area (Å²) in [5.41, 5.74) is 21.1. The average molecular weight is 474 g/mol. The second-order valence-corrected chi connectivity index (χ2v) is 7.92. The molecular formula is C19H35N7O7. The Hall–Kier alpha value is -3.26. The lowest BCUT2D eigenvalue weighted by molar-refractivity contribution is -0.143. The Kier molecular flexibility index (Phi) is 13.3. The van der Waals surface area contributed by atoms with Crippen molar-refractivity contribution in [1.82, 2.24) is 16.0 Å². The number of aliphatic carboxylic acids is 1. The Morgan fingerprint density at radius 1 is 0.788 bits per heavy atom. The summed E-state index contributed by atoms with van der Waals surface area (Å²) in [4.78, 5) is 71.1. The maximum absolute atomic E-state index is 12.9. The van der Waals surface area contributed by atoms with Gasteiger partial charge in [-0.15, -0.1) is 0 Å². The van der Waals surface area contributed by atoms with Gasteiger partial charge in [-0.2, -0.15) is 0 Å². The first-order chi connectivity index (χ1) is 15.3. The van der Waals surface area contributed by atoms with Crippen LogP contribution in [0.25, 0.3) is 0 Å². The molecule has 14 nitrogen and oxygen atoms in total. The fourth-order valence-electron chi connectivity index (χ4n) is 2.80. The normalized spacial score (nSPS) is 14.5. The van der Waals surface area contributed by atoms with Gasteiger partial charge in [-0.3, -0.25) is 24.0 Å². The van der Waals surface area contributed by atoms with E-state index < -0.39 is 78.4 Å². The van der Waals surface area contributed by atoms with Crippen molar-refractivity contribution in [2.75, 3.05) is 6.54 Å². The van der Waals surface area contributed by atoms with Gasteiger partial charge in [0.1, 0.15) is 18.1 Å². The third kappa shape index (κ3) is 11.8. The number of carboxylic acids is 1. The van der Waals surface area contributed by atoms with Gasteiger partial charge in [0.15, 0.2) is 0 Å². The molecule has 0 rings (SSSR count). The number of nitrogens with two attached hydrogens (primary N) is 4. The highest BCUT2D eigenvalue weighted by atomic mass is 16.4. The zero-order valence-electron chi connectivity index (χ0n) is 18.8. The molecule has 5 amide bonds. The highest BCUT2D eigenvalue weighted by Crippen LogP contribution is 2.07. The van der Waals surface area contributed by atoms with E-state index in [0.717, 1.165) is 0 Å². The van der Waals surface area contributed by atoms with Crippen molar-refractivity contribution in [3.8, 4) is 0 Å². The molecule has 0 aromatic rings. The summed E-state index contributed by atoms with van der Waals surface area (Å²) < 4.78 is 0. The van der Waals surface area contributed by atoms with Gasteiger partial charge in [0, 0.05) is 0 Å². The van der Waals surface area contributed by atoms with Crippen LogP contribution in [0.2, 0.25) is 0 Å². The van der Waals surface area contributed by atoms with Gasteiger partial charge in [0.2, 0.25) is 29.5 Å². The highest BCUT2D eigenvalue weighted by Gasteiger charge is 2.32. The molecule has 0 aliphatic carbocycles. The van der Waals surface area contributed by atoms with Crippen molar-refractivity contribution in [2.45, 2.75) is 70.1 Å². The summed E-state index contributed by atoms with van der Waals surface area (Å²) in [5, 5.41) is 16.3. The van der Waals surface area contributed by atoms with E-state index in [-0.39, 0.29) is 6.42 Å². The van der Waals surface area contributed by atoms with E-state index in [1.165, 1.54) is 0 Å². The van der Waals surface area contributed by atoms with E-state index in [0.29, 0.717) is 19.4 Å². The van der Waals surface area contributed by atoms with Crippen LogP contribution in [-0.4, -0.2) is 71.3 Å². The molecule has 14 heteroatoms. The van der Waals surface area contributed by atoms with Gasteiger partial charge < -0.3 is 44.0 Å². The van der Waals surface area contributed by atoms with E-state index in [4.69, 9.17) is 22.9 Å². The van der Waals surface area contributed by atoms with Crippen LogP contribution in [0.15, 0.2) is 0 Å². The molecule has 0 aromatic heterocycles. The van der Waals surface area contributed by atoms with Gasteiger partial charge in [0.05, 0.1) is 18.9 Å². The fraction of sp³-hybridized carbons (Fsp3) is 0.684. The standard InChI is InChI=1S/C19H35N7O7/c1-9(2)15(26-16(29)10(21)7-13(22)27)18(31)24-11(5-3-4-6-20)17(30)25-12(19(32)33)8-14(23)28/h9-12,15H,3-8,20-21H2,1-2H3,(H2,22,27)(H2,23,28)(H,24,31)(H,25,30)(H,26,29)(H,32,33). The molecule has 0 aromatic carbocycles. The first kappa shape index (κ1) is 29.7. The number of carboxylic acid groups (broad SMARTS) is 1. The van der Waals surface area contributed by atoms with Crippen LogP contribution < -0.4 is 38.9 Å². The van der Waals surface area contributed by atoms with Crippen molar-refractivity contribution in [2.24, 2.45) is 28.9 Å². The van der Waals surface area contributed by atoms with Gasteiger partial charge in [0.25, 0.3) is 0 Å². The average Bonchev–Trinajstić information content (AvgIpc) is 2.69. The predicted molar refractivity (Wildman–Crippen MR) is 117 cm³/mol. The van der Waals surface area contributed by atoms with Crippen LogP contribution in [0.4, 0.5) is 0 Å². The third-order valence-electron chi connectivity index (χ3n) is 4.60. The number of carbonyl (C=O) groups is 6. The minimum absolute atomic E-state index is 0.123. The maximum atomic E-state index is 12.9. The lowest BCUT2D eigenvalue weighted by Crippen LogP contribution is -2.58. The number of hydrogen-bond donors (Lipinski definition) is 8. The predicted octanol–water partition coefficient (Wildman–Crippen LogP) is -3.61. The Labute approximate surface area is 191 Å². The number of unbranched alkanes of at least 4 members (excludes halogenated alkanes) is 1. The Bertz CT molecular complexity index is 729. The fourth-order valence-corrected chi connectivity index (χ4v) is 2.80. The maximum Gasteiger partial charge on any atom is 0.326 e. The van der Waals surface area contributed by atoms with E-state index in [1.807, 2.05) is 0 Å². The number of hydrogen-bond acceptors (Lipinski definition) is 8. The highest BCUT2D eigenvalue weighted by molar-refractivity contribution is 5.95. The zero-order chi connectivity index (χ0) is 25.7. The lowest BCUT2D eigenvalue weighted by atomic mass is 10.0. The Morgan fingerprint density at radius 2 is 1.33 bits per heavy atom. The molecule has 33 heavy (non-hydrogen) atoms. The monoisotopic (exact) mass is 473 g/mol. The summed E-state index contributed by atoms with van der Waals surface area (Å²) in [5.74, 6) is -5.95. The van der Waals surface area contributed by atoms with Crippen molar-refractivity contribution in [3.63, 3.8) is 0 Å². The zero-order valence-corrected chi connectivity index (χ0v) is 18.8. The molecule has 12 N–H and O–H groups in total. The molecule has 4 atom stereocenters. The molecule has 0 spiro atoms. The molecule has 0 aliphatic rings. The molecule has 0 radical (unpaired) electrons. The quantitative estimate of drug-likeness (QED) is 0.103. The van der Waals surface area contributed by atoms with Crippen LogP contribution in [0.5, 0.6) is 0 Å². The molecule has 0 saturated heterocycles. The summed E-state index contributed by atoms with van der Waals surface area (Å²) in [6, 6.07) is -5.11. The van der Waals surface area contributed by atoms with E-state index in [2.05, 4.69) is 16.0 Å². The first-order valence-electron chi connectivity index (χ1n) is 10.5. The smallest absolute Gasteiger partial charge is 0.326 e. The van der Waals surface area contributed by atoms with Crippen molar-refractivity contribution in [3.05, 3.63) is 0 Å². The summed E-state index contributed by atoms with van der Waals surface area (Å²) in [6.07, 6.45) is 0.0453. The Balaban J connectivity index is 5.47. The molecule has 4 unspecified atom stereocenters. The molecule has 0 fully saturated rings. The van der Waals surface area contributed by atoms with Crippen LogP contribution in [0, 0.1) is 5.92 Å². The lowest BCUT2D eigenvalue weighted by Gasteiger charge is -2.27. The summed E-state index contributed by atoms with van der Waals surface area (Å²) in [7, 11) is 0. The van der Waals surface area contributed by atoms with Crippen molar-refractivity contribution >= 4 is 35.5 Å². The van der Waals surface area contributed by atoms with Crippen LogP contribution in [0.3, 0.4) is 0 Å². The SMILES string of the molecule is CC(C)C(NC(=O)C(N)CC(N)=O)C(=O)NC(CCCCN)C(=O)NC(CC(N)=O)C(=O)O. The Morgan fingerprint density at radius 3 is 1.79 bits per heavy atom. The molecule has 0 heterocycles. The topological polar surface area (TPSA) is 263 Å². The summed E-state index contributed by atoms with van der Waals surface area (Å²) in [6.45, 7) is 3.62.